The maximum Gasteiger partial charge on any atom is 0.0682 e. The summed E-state index contributed by atoms with van der Waals surface area (Å²) in [6.45, 7) is 3.75. The summed E-state index contributed by atoms with van der Waals surface area (Å²) in [5.74, 6) is 0.840. The summed E-state index contributed by atoms with van der Waals surface area (Å²) >= 11 is 0. The van der Waals surface area contributed by atoms with E-state index in [-0.39, 0.29) is 12.0 Å². The molecule has 14 heavy (non-hydrogen) atoms. The van der Waals surface area contributed by atoms with Gasteiger partial charge in [0.15, 0.2) is 0 Å². The van der Waals surface area contributed by atoms with Gasteiger partial charge >= 0.3 is 0 Å². The third-order valence-electron chi connectivity index (χ3n) is 3.47. The van der Waals surface area contributed by atoms with Gasteiger partial charge in [0, 0.05) is 19.1 Å². The van der Waals surface area contributed by atoms with E-state index in [9.17, 15) is 5.11 Å². The smallest absolute Gasteiger partial charge is 0.0682 e. The molecule has 3 heteroatoms. The molecule has 2 aliphatic rings. The molecule has 3 unspecified atom stereocenters. The second-order valence-electron chi connectivity index (χ2n) is 4.77. The van der Waals surface area contributed by atoms with E-state index < -0.39 is 0 Å². The van der Waals surface area contributed by atoms with Crippen LogP contribution in [0.4, 0.5) is 0 Å². The van der Waals surface area contributed by atoms with Gasteiger partial charge in [-0.3, -0.25) is 4.90 Å². The molecular weight excluding hydrogens is 176 g/mol. The van der Waals surface area contributed by atoms with Gasteiger partial charge in [-0.15, -0.1) is 0 Å². The van der Waals surface area contributed by atoms with E-state index in [0.717, 1.165) is 19.5 Å². The predicted octanol–water partition coefficient (Wildman–Crippen LogP) is 0.991. The van der Waals surface area contributed by atoms with E-state index in [1.54, 1.807) is 0 Å². The summed E-state index contributed by atoms with van der Waals surface area (Å²) < 4.78 is 0. The van der Waals surface area contributed by atoms with Crippen molar-refractivity contribution < 1.29 is 5.11 Å². The Morgan fingerprint density at radius 2 is 2.29 bits per heavy atom. The second-order valence-corrected chi connectivity index (χ2v) is 4.77. The van der Waals surface area contributed by atoms with Crippen LogP contribution in [0.15, 0.2) is 0 Å². The highest BCUT2D eigenvalue weighted by atomic mass is 16.3. The minimum absolute atomic E-state index is 0.177. The van der Waals surface area contributed by atoms with Gasteiger partial charge in [-0.2, -0.15) is 5.26 Å². The highest BCUT2D eigenvalue weighted by Gasteiger charge is 2.35. The van der Waals surface area contributed by atoms with E-state index in [1.165, 1.54) is 12.8 Å². The summed E-state index contributed by atoms with van der Waals surface area (Å²) in [4.78, 5) is 2.26. The van der Waals surface area contributed by atoms with Crippen LogP contribution in [0.25, 0.3) is 0 Å². The van der Waals surface area contributed by atoms with Crippen LogP contribution < -0.4 is 0 Å². The van der Waals surface area contributed by atoms with Crippen LogP contribution in [0.5, 0.6) is 0 Å². The first kappa shape index (κ1) is 9.95. The molecule has 0 aromatic heterocycles. The maximum atomic E-state index is 9.49. The van der Waals surface area contributed by atoms with Crippen LogP contribution in [0, 0.1) is 23.2 Å². The number of aliphatic hydroxyl groups excluding tert-OH is 1. The van der Waals surface area contributed by atoms with Crippen molar-refractivity contribution in [1.29, 1.82) is 5.26 Å². The molecule has 3 atom stereocenters. The maximum absolute atomic E-state index is 9.49. The molecule has 2 rings (SSSR count). The molecule has 1 aliphatic heterocycles. The van der Waals surface area contributed by atoms with Crippen molar-refractivity contribution in [1.82, 2.24) is 4.90 Å². The van der Waals surface area contributed by atoms with E-state index in [0.29, 0.717) is 12.0 Å². The van der Waals surface area contributed by atoms with Crippen LogP contribution >= 0.6 is 0 Å². The minimum atomic E-state index is -0.177. The fourth-order valence-electron chi connectivity index (χ4n) is 2.37. The van der Waals surface area contributed by atoms with Crippen molar-refractivity contribution in [3.8, 4) is 6.07 Å². The Hall–Kier alpha value is -0.590. The number of rotatable bonds is 3. The first-order chi connectivity index (χ1) is 6.70. The lowest BCUT2D eigenvalue weighted by Crippen LogP contribution is -2.33. The molecular formula is C11H18N2O. The third-order valence-corrected chi connectivity index (χ3v) is 3.47. The zero-order valence-electron chi connectivity index (χ0n) is 8.69. The molecule has 1 aliphatic carbocycles. The molecule has 0 radical (unpaired) electrons. The van der Waals surface area contributed by atoms with Gasteiger partial charge in [-0.1, -0.05) is 0 Å². The fourth-order valence-corrected chi connectivity index (χ4v) is 2.37. The Kier molecular flexibility index (Phi) is 2.76. The average Bonchev–Trinajstić information content (AvgIpc) is 2.91. The van der Waals surface area contributed by atoms with Crippen molar-refractivity contribution in [3.63, 3.8) is 0 Å². The Morgan fingerprint density at radius 1 is 1.57 bits per heavy atom. The lowest BCUT2D eigenvalue weighted by atomic mass is 10.1. The lowest BCUT2D eigenvalue weighted by Gasteiger charge is -2.23. The molecule has 0 amide bonds. The number of likely N-dealkylation sites (tertiary alicyclic amines) is 1. The normalized spacial score (nSPS) is 35.5. The Morgan fingerprint density at radius 3 is 2.71 bits per heavy atom. The molecule has 1 saturated carbocycles. The zero-order chi connectivity index (χ0) is 10.1. The predicted molar refractivity (Wildman–Crippen MR) is 53.5 cm³/mol. The van der Waals surface area contributed by atoms with Crippen molar-refractivity contribution in [2.24, 2.45) is 11.8 Å². The molecule has 3 nitrogen and oxygen atoms in total. The summed E-state index contributed by atoms with van der Waals surface area (Å²) in [5, 5.41) is 18.5. The van der Waals surface area contributed by atoms with Gasteiger partial charge in [0.2, 0.25) is 0 Å². The minimum Gasteiger partial charge on any atom is -0.392 e. The third kappa shape index (κ3) is 2.08. The summed E-state index contributed by atoms with van der Waals surface area (Å²) in [5.41, 5.74) is 0. The van der Waals surface area contributed by atoms with Crippen molar-refractivity contribution in [3.05, 3.63) is 0 Å². The Labute approximate surface area is 85.3 Å². The van der Waals surface area contributed by atoms with E-state index in [4.69, 9.17) is 5.26 Å². The van der Waals surface area contributed by atoms with Crippen LogP contribution in [-0.4, -0.2) is 35.2 Å². The standard InChI is InChI=1S/C11H18N2O/c1-8-4-11(14)7-13(8)6-10(5-12)9-2-3-9/h8-11,14H,2-4,6-7H2,1H3. The zero-order valence-corrected chi connectivity index (χ0v) is 8.69. The fraction of sp³-hybridized carbons (Fsp3) is 0.909. The number of hydrogen-bond acceptors (Lipinski definition) is 3. The first-order valence-corrected chi connectivity index (χ1v) is 5.52. The lowest BCUT2D eigenvalue weighted by molar-refractivity contribution is 0.169. The van der Waals surface area contributed by atoms with Crippen LogP contribution in [-0.2, 0) is 0 Å². The molecule has 0 aromatic rings. The molecule has 0 bridgehead atoms. The van der Waals surface area contributed by atoms with Gasteiger partial charge in [-0.05, 0) is 32.1 Å². The van der Waals surface area contributed by atoms with Crippen LogP contribution in [0.2, 0.25) is 0 Å². The van der Waals surface area contributed by atoms with Gasteiger partial charge in [0.25, 0.3) is 0 Å². The summed E-state index contributed by atoms with van der Waals surface area (Å²) in [6, 6.07) is 2.85. The molecule has 0 spiro atoms. The van der Waals surface area contributed by atoms with Gasteiger partial charge in [0.05, 0.1) is 18.1 Å². The molecule has 1 saturated heterocycles. The SMILES string of the molecule is CC1CC(O)CN1CC(C#N)C1CC1. The molecule has 78 valence electrons. The van der Waals surface area contributed by atoms with E-state index in [1.807, 2.05) is 0 Å². The number of nitrogens with zero attached hydrogens (tertiary/aromatic N) is 2. The molecule has 1 N–H and O–H groups in total. The van der Waals surface area contributed by atoms with Gasteiger partial charge < -0.3 is 5.11 Å². The quantitative estimate of drug-likeness (QED) is 0.729. The molecule has 1 heterocycles. The van der Waals surface area contributed by atoms with E-state index in [2.05, 4.69) is 17.9 Å². The van der Waals surface area contributed by atoms with Gasteiger partial charge in [-0.25, -0.2) is 0 Å². The first-order valence-electron chi connectivity index (χ1n) is 5.52. The number of aliphatic hydroxyl groups is 1. The topological polar surface area (TPSA) is 47.3 Å². The molecule has 2 fully saturated rings. The van der Waals surface area contributed by atoms with E-state index >= 15 is 0 Å². The van der Waals surface area contributed by atoms with Crippen molar-refractivity contribution in [2.75, 3.05) is 13.1 Å². The Bertz CT molecular complexity index is 244. The number of nitriles is 1. The van der Waals surface area contributed by atoms with Crippen LogP contribution in [0.1, 0.15) is 26.2 Å². The van der Waals surface area contributed by atoms with Crippen LogP contribution in [0.3, 0.4) is 0 Å². The van der Waals surface area contributed by atoms with Crippen molar-refractivity contribution in [2.45, 2.75) is 38.3 Å². The summed E-state index contributed by atoms with van der Waals surface area (Å²) in [6.07, 6.45) is 3.14. The Balaban J connectivity index is 1.87. The average molecular weight is 194 g/mol. The highest BCUT2D eigenvalue weighted by molar-refractivity contribution is 4.98. The number of hydrogen-bond donors (Lipinski definition) is 1. The summed E-state index contributed by atoms with van der Waals surface area (Å²) in [7, 11) is 0. The highest BCUT2D eigenvalue weighted by Crippen LogP contribution is 2.37. The van der Waals surface area contributed by atoms with Gasteiger partial charge in [0.1, 0.15) is 0 Å². The van der Waals surface area contributed by atoms with Crippen molar-refractivity contribution >= 4 is 0 Å². The molecule has 0 aromatic carbocycles. The monoisotopic (exact) mass is 194 g/mol. The second kappa shape index (κ2) is 3.88. The largest absolute Gasteiger partial charge is 0.392 e. The number of β-amino-alcohol motifs (C(OH)–C–C–N with tert-alkyl or cyclic N) is 1.